The van der Waals surface area contributed by atoms with E-state index < -0.39 is 6.03 Å². The molecular weight excluding hydrogens is 214 g/mol. The average molecular weight is 231 g/mol. The third-order valence-corrected chi connectivity index (χ3v) is 4.11. The van der Waals surface area contributed by atoms with Crippen LogP contribution in [0.5, 0.6) is 0 Å². The minimum atomic E-state index is -0.801. The number of primary amides is 1. The highest BCUT2D eigenvalue weighted by atomic mass is 32.2. The summed E-state index contributed by atoms with van der Waals surface area (Å²) in [6, 6.07) is -0.801. The summed E-state index contributed by atoms with van der Waals surface area (Å²) < 4.78 is 0.299. The van der Waals surface area contributed by atoms with Crippen molar-refractivity contribution in [1.82, 2.24) is 10.6 Å². The molecule has 0 spiro atoms. The smallest absolute Gasteiger partial charge is 0.318 e. The lowest BCUT2D eigenvalue weighted by molar-refractivity contribution is -0.119. The van der Waals surface area contributed by atoms with Gasteiger partial charge < -0.3 is 11.1 Å². The summed E-state index contributed by atoms with van der Waals surface area (Å²) in [5.74, 6) is -0.377. The lowest BCUT2D eigenvalue weighted by atomic mass is 9.84. The molecule has 0 atom stereocenters. The molecule has 0 saturated heterocycles. The van der Waals surface area contributed by atoms with Crippen LogP contribution in [-0.4, -0.2) is 36.0 Å². The fourth-order valence-electron chi connectivity index (χ4n) is 1.61. The molecule has 5 nitrogen and oxygen atoms in total. The van der Waals surface area contributed by atoms with E-state index in [1.54, 1.807) is 0 Å². The zero-order valence-electron chi connectivity index (χ0n) is 8.84. The van der Waals surface area contributed by atoms with Crippen molar-refractivity contribution in [1.29, 1.82) is 0 Å². The summed E-state index contributed by atoms with van der Waals surface area (Å²) in [5, 5.41) is 5.06. The van der Waals surface area contributed by atoms with Gasteiger partial charge in [0.1, 0.15) is 0 Å². The fourth-order valence-corrected chi connectivity index (χ4v) is 2.55. The number of nitrogens with one attached hydrogen (secondary N) is 2. The number of carbonyl (C=O) groups excluding carboxylic acids is 2. The van der Waals surface area contributed by atoms with Crippen LogP contribution < -0.4 is 16.4 Å². The van der Waals surface area contributed by atoms with Crippen molar-refractivity contribution in [3.05, 3.63) is 0 Å². The fraction of sp³-hybridized carbons (Fsp3) is 0.778. The van der Waals surface area contributed by atoms with E-state index in [0.29, 0.717) is 4.75 Å². The minimum Gasteiger partial charge on any atom is -0.351 e. The first-order chi connectivity index (χ1) is 7.08. The van der Waals surface area contributed by atoms with Crippen LogP contribution in [0.25, 0.3) is 0 Å². The lowest BCUT2D eigenvalue weighted by Gasteiger charge is -2.40. The van der Waals surface area contributed by atoms with Gasteiger partial charge >= 0.3 is 6.03 Å². The molecule has 0 aromatic carbocycles. The Hall–Kier alpha value is -0.750. The molecule has 0 aromatic heterocycles. The van der Waals surface area contributed by atoms with Gasteiger partial charge in [0.15, 0.2) is 0 Å². The van der Waals surface area contributed by atoms with Gasteiger partial charge in [-0.1, -0.05) is 6.42 Å². The molecule has 1 saturated carbocycles. The van der Waals surface area contributed by atoms with Gasteiger partial charge in [0.05, 0.1) is 6.54 Å². The highest BCUT2D eigenvalue weighted by molar-refractivity contribution is 8.00. The monoisotopic (exact) mass is 231 g/mol. The number of urea groups is 1. The van der Waals surface area contributed by atoms with E-state index in [-0.39, 0.29) is 12.5 Å². The molecule has 3 amide bonds. The Labute approximate surface area is 93.5 Å². The number of hydrogen-bond acceptors (Lipinski definition) is 4. The molecule has 86 valence electrons. The number of carbonyl (C=O) groups is 2. The maximum atomic E-state index is 11.1. The number of thioether (sulfide) groups is 1. The summed E-state index contributed by atoms with van der Waals surface area (Å²) in [6.45, 7) is 0.950. The molecule has 1 aliphatic rings. The van der Waals surface area contributed by atoms with Gasteiger partial charge in [0.25, 0.3) is 0 Å². The first kappa shape index (κ1) is 12.3. The summed E-state index contributed by atoms with van der Waals surface area (Å²) in [4.78, 5) is 21.4. The highest BCUT2D eigenvalue weighted by Crippen LogP contribution is 2.41. The van der Waals surface area contributed by atoms with E-state index >= 15 is 0 Å². The third-order valence-electron chi connectivity index (χ3n) is 2.69. The molecule has 0 unspecified atom stereocenters. The van der Waals surface area contributed by atoms with Gasteiger partial charge in [-0.3, -0.25) is 10.1 Å². The number of rotatable bonds is 5. The zero-order valence-corrected chi connectivity index (χ0v) is 9.65. The molecule has 1 fully saturated rings. The second-order valence-electron chi connectivity index (χ2n) is 3.76. The minimum absolute atomic E-state index is 0.144. The molecule has 4 N–H and O–H groups in total. The number of nitrogens with two attached hydrogens (primary N) is 1. The van der Waals surface area contributed by atoms with Crippen molar-refractivity contribution in [2.75, 3.05) is 19.3 Å². The third kappa shape index (κ3) is 3.71. The molecule has 15 heavy (non-hydrogen) atoms. The Kier molecular flexibility index (Phi) is 4.41. The maximum absolute atomic E-state index is 11.1. The molecule has 1 rings (SSSR count). The van der Waals surface area contributed by atoms with Crippen LogP contribution in [0, 0.1) is 0 Å². The van der Waals surface area contributed by atoms with E-state index in [4.69, 9.17) is 5.73 Å². The SMILES string of the molecule is CSC1(CNCC(=O)NC(N)=O)CCC1. The average Bonchev–Trinajstić information content (AvgIpc) is 2.08. The quantitative estimate of drug-likeness (QED) is 0.624. The van der Waals surface area contributed by atoms with Gasteiger partial charge in [-0.05, 0) is 19.1 Å². The lowest BCUT2D eigenvalue weighted by Crippen LogP contribution is -2.47. The Morgan fingerprint density at radius 3 is 2.53 bits per heavy atom. The van der Waals surface area contributed by atoms with E-state index in [1.807, 2.05) is 17.1 Å². The summed E-state index contributed by atoms with van der Waals surface area (Å²) in [7, 11) is 0. The van der Waals surface area contributed by atoms with E-state index in [1.165, 1.54) is 19.3 Å². The number of imide groups is 1. The van der Waals surface area contributed by atoms with Crippen molar-refractivity contribution < 1.29 is 9.59 Å². The molecule has 0 aliphatic heterocycles. The van der Waals surface area contributed by atoms with Crippen LogP contribution in [0.1, 0.15) is 19.3 Å². The Morgan fingerprint density at radius 2 is 2.13 bits per heavy atom. The zero-order chi connectivity index (χ0) is 11.3. The molecule has 1 aliphatic carbocycles. The van der Waals surface area contributed by atoms with Crippen molar-refractivity contribution in [3.63, 3.8) is 0 Å². The first-order valence-corrected chi connectivity index (χ1v) is 6.16. The van der Waals surface area contributed by atoms with Gasteiger partial charge in [-0.15, -0.1) is 0 Å². The van der Waals surface area contributed by atoms with Crippen molar-refractivity contribution in [2.45, 2.75) is 24.0 Å². The first-order valence-electron chi connectivity index (χ1n) is 4.93. The molecular formula is C9H17N3O2S. The highest BCUT2D eigenvalue weighted by Gasteiger charge is 2.35. The van der Waals surface area contributed by atoms with Crippen molar-refractivity contribution in [3.8, 4) is 0 Å². The predicted octanol–water partition coefficient (Wildman–Crippen LogP) is 0.0566. The Morgan fingerprint density at radius 1 is 1.47 bits per heavy atom. The van der Waals surface area contributed by atoms with Crippen LogP contribution in [0.15, 0.2) is 0 Å². The van der Waals surface area contributed by atoms with Gasteiger partial charge in [0, 0.05) is 11.3 Å². The molecule has 0 bridgehead atoms. The van der Waals surface area contributed by atoms with Crippen LogP contribution in [0.3, 0.4) is 0 Å². The van der Waals surface area contributed by atoms with E-state index in [0.717, 1.165) is 6.54 Å². The number of amides is 3. The summed E-state index contributed by atoms with van der Waals surface area (Å²) in [5.41, 5.74) is 4.81. The van der Waals surface area contributed by atoms with Gasteiger partial charge in [-0.25, -0.2) is 4.79 Å². The van der Waals surface area contributed by atoms with Crippen LogP contribution in [0.2, 0.25) is 0 Å². The molecule has 0 heterocycles. The van der Waals surface area contributed by atoms with Gasteiger partial charge in [0.2, 0.25) is 5.91 Å². The molecule has 0 radical (unpaired) electrons. The van der Waals surface area contributed by atoms with E-state index in [2.05, 4.69) is 11.6 Å². The standard InChI is InChI=1S/C9H17N3O2S/c1-15-9(3-2-4-9)6-11-5-7(13)12-8(10)14/h11H,2-6H2,1H3,(H3,10,12,13,14). The van der Waals surface area contributed by atoms with Crippen LogP contribution in [0.4, 0.5) is 4.79 Å². The van der Waals surface area contributed by atoms with E-state index in [9.17, 15) is 9.59 Å². The summed E-state index contributed by atoms with van der Waals surface area (Å²) in [6.07, 6.45) is 5.73. The summed E-state index contributed by atoms with van der Waals surface area (Å²) >= 11 is 1.84. The van der Waals surface area contributed by atoms with Crippen LogP contribution in [-0.2, 0) is 4.79 Å². The van der Waals surface area contributed by atoms with Crippen molar-refractivity contribution in [2.24, 2.45) is 5.73 Å². The largest absolute Gasteiger partial charge is 0.351 e. The number of hydrogen-bond donors (Lipinski definition) is 3. The normalized spacial score (nSPS) is 17.9. The second-order valence-corrected chi connectivity index (χ2v) is 5.03. The Bertz CT molecular complexity index is 248. The maximum Gasteiger partial charge on any atom is 0.318 e. The predicted molar refractivity (Wildman–Crippen MR) is 60.7 cm³/mol. The van der Waals surface area contributed by atoms with Crippen molar-refractivity contribution >= 4 is 23.7 Å². The Balaban J connectivity index is 2.15. The molecule has 0 aromatic rings. The van der Waals surface area contributed by atoms with Gasteiger partial charge in [-0.2, -0.15) is 11.8 Å². The molecule has 6 heteroatoms. The second kappa shape index (κ2) is 5.37. The van der Waals surface area contributed by atoms with Crippen LogP contribution >= 0.6 is 11.8 Å². The topological polar surface area (TPSA) is 84.2 Å².